The summed E-state index contributed by atoms with van der Waals surface area (Å²) in [7, 11) is 0. The minimum Gasteiger partial charge on any atom is -0.487 e. The molecule has 0 spiro atoms. The van der Waals surface area contributed by atoms with E-state index in [-0.39, 0.29) is 6.61 Å². The molecule has 2 rings (SSSR count). The van der Waals surface area contributed by atoms with Gasteiger partial charge < -0.3 is 9.84 Å². The van der Waals surface area contributed by atoms with Gasteiger partial charge in [0.15, 0.2) is 0 Å². The van der Waals surface area contributed by atoms with Gasteiger partial charge in [0.1, 0.15) is 12.4 Å². The minimum absolute atomic E-state index is 0.0740. The van der Waals surface area contributed by atoms with Gasteiger partial charge >= 0.3 is 0 Å². The van der Waals surface area contributed by atoms with E-state index >= 15 is 0 Å². The van der Waals surface area contributed by atoms with Crippen molar-refractivity contribution in [2.45, 2.75) is 20.0 Å². The molecule has 0 unspecified atom stereocenters. The lowest BCUT2D eigenvalue weighted by Crippen LogP contribution is -1.99. The van der Waals surface area contributed by atoms with Crippen molar-refractivity contribution in [1.29, 1.82) is 0 Å². The Morgan fingerprint density at radius 3 is 2.81 bits per heavy atom. The first kappa shape index (κ1) is 15.4. The van der Waals surface area contributed by atoms with Gasteiger partial charge in [-0.15, -0.1) is 0 Å². The van der Waals surface area contributed by atoms with E-state index in [1.54, 1.807) is 0 Å². The molecule has 0 radical (unpaired) electrons. The highest BCUT2D eigenvalue weighted by Crippen LogP contribution is 2.26. The van der Waals surface area contributed by atoms with Crippen LogP contribution in [-0.4, -0.2) is 11.7 Å². The first-order chi connectivity index (χ1) is 10.2. The highest BCUT2D eigenvalue weighted by Gasteiger charge is 2.04. The van der Waals surface area contributed by atoms with Crippen molar-refractivity contribution >= 4 is 11.6 Å². The van der Waals surface area contributed by atoms with Gasteiger partial charge in [0.05, 0.1) is 11.6 Å². The number of rotatable bonds is 4. The Bertz CT molecular complexity index is 668. The third-order valence-corrected chi connectivity index (χ3v) is 3.26. The van der Waals surface area contributed by atoms with Crippen molar-refractivity contribution in [3.8, 4) is 17.6 Å². The number of hydrogen-bond acceptors (Lipinski definition) is 2. The zero-order valence-electron chi connectivity index (χ0n) is 11.9. The summed E-state index contributed by atoms with van der Waals surface area (Å²) in [6, 6.07) is 13.5. The number of aliphatic hydroxyl groups excluding tert-OH is 1. The fourth-order valence-electron chi connectivity index (χ4n) is 1.86. The Morgan fingerprint density at radius 2 is 2.00 bits per heavy atom. The van der Waals surface area contributed by atoms with Crippen LogP contribution in [0.3, 0.4) is 0 Å². The van der Waals surface area contributed by atoms with Gasteiger partial charge in [-0.1, -0.05) is 47.7 Å². The minimum atomic E-state index is 0.0740. The molecule has 0 aliphatic rings. The van der Waals surface area contributed by atoms with Gasteiger partial charge in [0.2, 0.25) is 0 Å². The van der Waals surface area contributed by atoms with Crippen molar-refractivity contribution < 1.29 is 9.84 Å². The molecular formula is C18H17ClO2. The van der Waals surface area contributed by atoms with Crippen LogP contribution in [0.1, 0.15) is 23.1 Å². The van der Waals surface area contributed by atoms with E-state index in [4.69, 9.17) is 21.4 Å². The van der Waals surface area contributed by atoms with Crippen molar-refractivity contribution in [2.75, 3.05) is 6.61 Å². The standard InChI is InChI=1S/C18H17ClO2/c1-14-9-10-17(19)18(12-14)21-13-16-8-3-2-6-15(16)7-4-5-11-20/h2-3,6,8-10,12,20H,5,11,13H2,1H3. The summed E-state index contributed by atoms with van der Waals surface area (Å²) in [6.45, 7) is 2.48. The first-order valence-corrected chi connectivity index (χ1v) is 7.15. The second-order valence-corrected chi connectivity index (χ2v) is 5.06. The Morgan fingerprint density at radius 1 is 1.19 bits per heavy atom. The summed E-state index contributed by atoms with van der Waals surface area (Å²) < 4.78 is 5.80. The topological polar surface area (TPSA) is 29.5 Å². The predicted molar refractivity (Wildman–Crippen MR) is 85.5 cm³/mol. The monoisotopic (exact) mass is 300 g/mol. The molecule has 2 aromatic carbocycles. The summed E-state index contributed by atoms with van der Waals surface area (Å²) in [4.78, 5) is 0. The quantitative estimate of drug-likeness (QED) is 0.866. The van der Waals surface area contributed by atoms with Crippen LogP contribution < -0.4 is 4.74 Å². The van der Waals surface area contributed by atoms with E-state index in [0.717, 1.165) is 16.7 Å². The maximum atomic E-state index is 8.78. The number of benzene rings is 2. The van der Waals surface area contributed by atoms with Crippen molar-refractivity contribution in [3.63, 3.8) is 0 Å². The third kappa shape index (κ3) is 4.53. The van der Waals surface area contributed by atoms with Crippen molar-refractivity contribution in [3.05, 3.63) is 64.2 Å². The van der Waals surface area contributed by atoms with Crippen LogP contribution in [0.5, 0.6) is 5.75 Å². The highest BCUT2D eigenvalue weighted by atomic mass is 35.5. The molecule has 108 valence electrons. The molecule has 21 heavy (non-hydrogen) atoms. The normalized spacial score (nSPS) is 9.86. The van der Waals surface area contributed by atoms with E-state index in [1.807, 2.05) is 49.4 Å². The average Bonchev–Trinajstić information content (AvgIpc) is 2.49. The lowest BCUT2D eigenvalue weighted by Gasteiger charge is -2.10. The lowest BCUT2D eigenvalue weighted by molar-refractivity contribution is 0.305. The zero-order chi connectivity index (χ0) is 15.1. The van der Waals surface area contributed by atoms with E-state index in [0.29, 0.717) is 23.8 Å². The Hall–Kier alpha value is -1.95. The largest absolute Gasteiger partial charge is 0.487 e. The maximum absolute atomic E-state index is 8.78. The SMILES string of the molecule is Cc1ccc(Cl)c(OCc2ccccc2C#CCCO)c1. The fourth-order valence-corrected chi connectivity index (χ4v) is 2.03. The average molecular weight is 301 g/mol. The molecule has 0 bridgehead atoms. The van der Waals surface area contributed by atoms with Crippen LogP contribution in [0.2, 0.25) is 5.02 Å². The molecule has 0 aliphatic carbocycles. The summed E-state index contributed by atoms with van der Waals surface area (Å²) in [5, 5.41) is 9.38. The van der Waals surface area contributed by atoms with Gasteiger partial charge in [0.25, 0.3) is 0 Å². The molecule has 0 atom stereocenters. The molecule has 0 fully saturated rings. The molecule has 0 amide bonds. The number of aliphatic hydroxyl groups is 1. The molecule has 0 saturated heterocycles. The van der Waals surface area contributed by atoms with Crippen molar-refractivity contribution in [1.82, 2.24) is 0 Å². The van der Waals surface area contributed by atoms with E-state index in [2.05, 4.69) is 11.8 Å². The molecule has 2 nitrogen and oxygen atoms in total. The lowest BCUT2D eigenvalue weighted by atomic mass is 10.1. The molecular weight excluding hydrogens is 284 g/mol. The van der Waals surface area contributed by atoms with Crippen molar-refractivity contribution in [2.24, 2.45) is 0 Å². The van der Waals surface area contributed by atoms with Gasteiger partial charge in [-0.2, -0.15) is 0 Å². The molecule has 1 N–H and O–H groups in total. The van der Waals surface area contributed by atoms with Gasteiger partial charge in [-0.3, -0.25) is 0 Å². The molecule has 0 aromatic heterocycles. The molecule has 0 heterocycles. The summed E-state index contributed by atoms with van der Waals surface area (Å²) in [5.74, 6) is 6.66. The van der Waals surface area contributed by atoms with E-state index < -0.39 is 0 Å². The number of ether oxygens (including phenoxy) is 1. The summed E-state index contributed by atoms with van der Waals surface area (Å²) in [5.41, 5.74) is 3.01. The van der Waals surface area contributed by atoms with Gasteiger partial charge in [0, 0.05) is 17.5 Å². The van der Waals surface area contributed by atoms with Crippen LogP contribution in [0, 0.1) is 18.8 Å². The number of aryl methyl sites for hydroxylation is 1. The summed E-state index contributed by atoms with van der Waals surface area (Å²) >= 11 is 6.12. The fraction of sp³-hybridized carbons (Fsp3) is 0.222. The van der Waals surface area contributed by atoms with E-state index in [9.17, 15) is 0 Å². The predicted octanol–water partition coefficient (Wildman–Crippen LogP) is 3.96. The molecule has 3 heteroatoms. The van der Waals surface area contributed by atoms with Crippen LogP contribution in [0.4, 0.5) is 0 Å². The molecule has 0 saturated carbocycles. The van der Waals surface area contributed by atoms with Crippen LogP contribution in [-0.2, 0) is 6.61 Å². The maximum Gasteiger partial charge on any atom is 0.138 e. The third-order valence-electron chi connectivity index (χ3n) is 2.95. The van der Waals surface area contributed by atoms with Gasteiger partial charge in [-0.25, -0.2) is 0 Å². The number of hydrogen-bond donors (Lipinski definition) is 1. The van der Waals surface area contributed by atoms with E-state index in [1.165, 1.54) is 0 Å². The number of halogens is 1. The molecule has 0 aliphatic heterocycles. The Labute approximate surface area is 130 Å². The van der Waals surface area contributed by atoms with Crippen LogP contribution in [0.25, 0.3) is 0 Å². The smallest absolute Gasteiger partial charge is 0.138 e. The second-order valence-electron chi connectivity index (χ2n) is 4.66. The first-order valence-electron chi connectivity index (χ1n) is 6.77. The zero-order valence-corrected chi connectivity index (χ0v) is 12.7. The van der Waals surface area contributed by atoms with Crippen LogP contribution >= 0.6 is 11.6 Å². The Kier molecular flexibility index (Phi) is 5.68. The van der Waals surface area contributed by atoms with Crippen LogP contribution in [0.15, 0.2) is 42.5 Å². The summed E-state index contributed by atoms with van der Waals surface area (Å²) in [6.07, 6.45) is 0.471. The Balaban J connectivity index is 2.13. The second kappa shape index (κ2) is 7.73. The highest BCUT2D eigenvalue weighted by molar-refractivity contribution is 6.32. The molecule has 2 aromatic rings. The van der Waals surface area contributed by atoms with Gasteiger partial charge in [-0.05, 0) is 30.7 Å².